The Morgan fingerprint density at radius 2 is 1.93 bits per heavy atom. The van der Waals surface area contributed by atoms with Gasteiger partial charge in [-0.2, -0.15) is 11.3 Å². The summed E-state index contributed by atoms with van der Waals surface area (Å²) < 4.78 is 0.981. The molecule has 1 N–H and O–H groups in total. The van der Waals surface area contributed by atoms with Crippen molar-refractivity contribution in [3.05, 3.63) is 51.1 Å². The number of halogens is 1. The Labute approximate surface area is 103 Å². The predicted octanol–water partition coefficient (Wildman–Crippen LogP) is 4.47. The molecule has 80 valence electrons. The van der Waals surface area contributed by atoms with E-state index in [0.717, 1.165) is 10.9 Å². The Hall–Kier alpha value is -0.800. The molecule has 3 heteroatoms. The fraction of sp³-hybridized carbons (Fsp3) is 0.167. The summed E-state index contributed by atoms with van der Waals surface area (Å²) in [7, 11) is 0. The SMILES string of the molecule is CCc1ccc(O)cc1Br.c1ccsc1. The minimum absolute atomic E-state index is 0.309. The summed E-state index contributed by atoms with van der Waals surface area (Å²) in [4.78, 5) is 0. The summed E-state index contributed by atoms with van der Waals surface area (Å²) in [5.74, 6) is 0.309. The highest BCUT2D eigenvalue weighted by Gasteiger charge is 1.96. The minimum atomic E-state index is 0.309. The molecule has 0 bridgehead atoms. The second-order valence-electron chi connectivity index (χ2n) is 2.92. The molecule has 1 heterocycles. The van der Waals surface area contributed by atoms with Crippen LogP contribution in [0.1, 0.15) is 12.5 Å². The smallest absolute Gasteiger partial charge is 0.116 e. The first-order chi connectivity index (χ1) is 7.24. The number of aryl methyl sites for hydroxylation is 1. The van der Waals surface area contributed by atoms with Gasteiger partial charge in [0.2, 0.25) is 0 Å². The molecule has 0 unspecified atom stereocenters. The molecule has 0 saturated carbocycles. The fourth-order valence-electron chi connectivity index (χ4n) is 1.05. The maximum atomic E-state index is 9.00. The van der Waals surface area contributed by atoms with Crippen molar-refractivity contribution in [3.8, 4) is 5.75 Å². The first-order valence-electron chi connectivity index (χ1n) is 4.68. The first-order valence-corrected chi connectivity index (χ1v) is 6.42. The van der Waals surface area contributed by atoms with E-state index in [2.05, 4.69) is 22.9 Å². The Bertz CT molecular complexity index is 367. The molecule has 0 fully saturated rings. The molecule has 2 rings (SSSR count). The molecular weight excluding hydrogens is 272 g/mol. The van der Waals surface area contributed by atoms with E-state index in [4.69, 9.17) is 5.11 Å². The van der Waals surface area contributed by atoms with Crippen LogP contribution in [0.2, 0.25) is 0 Å². The third-order valence-corrected chi connectivity index (χ3v) is 3.21. The second-order valence-corrected chi connectivity index (χ2v) is 4.59. The number of hydrogen-bond donors (Lipinski definition) is 1. The number of thiophene rings is 1. The maximum absolute atomic E-state index is 9.00. The van der Waals surface area contributed by atoms with Crippen LogP contribution in [0.5, 0.6) is 5.75 Å². The lowest BCUT2D eigenvalue weighted by Gasteiger charge is -1.99. The van der Waals surface area contributed by atoms with Gasteiger partial charge in [0.1, 0.15) is 5.75 Å². The van der Waals surface area contributed by atoms with E-state index in [1.807, 2.05) is 29.0 Å². The predicted molar refractivity (Wildman–Crippen MR) is 69.5 cm³/mol. The van der Waals surface area contributed by atoms with Gasteiger partial charge in [-0.3, -0.25) is 0 Å². The molecule has 15 heavy (non-hydrogen) atoms. The number of benzene rings is 1. The average molecular weight is 285 g/mol. The zero-order valence-corrected chi connectivity index (χ0v) is 10.9. The van der Waals surface area contributed by atoms with Crippen LogP contribution in [-0.4, -0.2) is 5.11 Å². The van der Waals surface area contributed by atoms with E-state index >= 15 is 0 Å². The highest BCUT2D eigenvalue weighted by Crippen LogP contribution is 2.21. The monoisotopic (exact) mass is 284 g/mol. The van der Waals surface area contributed by atoms with Gasteiger partial charge in [0, 0.05) is 4.47 Å². The van der Waals surface area contributed by atoms with Gasteiger partial charge in [0.05, 0.1) is 0 Å². The summed E-state index contributed by atoms with van der Waals surface area (Å²) in [5, 5.41) is 13.1. The van der Waals surface area contributed by atoms with E-state index in [0.29, 0.717) is 5.75 Å². The van der Waals surface area contributed by atoms with Crippen molar-refractivity contribution in [1.82, 2.24) is 0 Å². The Morgan fingerprint density at radius 3 is 2.33 bits per heavy atom. The van der Waals surface area contributed by atoms with Crippen LogP contribution in [0.15, 0.2) is 45.6 Å². The number of rotatable bonds is 1. The molecule has 1 nitrogen and oxygen atoms in total. The van der Waals surface area contributed by atoms with Gasteiger partial charge < -0.3 is 5.11 Å². The van der Waals surface area contributed by atoms with Crippen LogP contribution >= 0.6 is 27.3 Å². The van der Waals surface area contributed by atoms with E-state index in [1.54, 1.807) is 23.5 Å². The molecule has 0 aliphatic rings. The van der Waals surface area contributed by atoms with Crippen molar-refractivity contribution in [2.24, 2.45) is 0 Å². The lowest BCUT2D eigenvalue weighted by Crippen LogP contribution is -1.80. The third-order valence-electron chi connectivity index (χ3n) is 1.84. The number of phenolic OH excluding ortho intramolecular Hbond substituents is 1. The molecule has 0 aliphatic carbocycles. The lowest BCUT2D eigenvalue weighted by atomic mass is 10.2. The van der Waals surface area contributed by atoms with Crippen LogP contribution in [0.4, 0.5) is 0 Å². The average Bonchev–Trinajstić information content (AvgIpc) is 2.75. The molecular formula is C12H13BrOS. The van der Waals surface area contributed by atoms with Crippen LogP contribution in [-0.2, 0) is 6.42 Å². The number of phenols is 1. The summed E-state index contributed by atoms with van der Waals surface area (Å²) >= 11 is 5.06. The summed E-state index contributed by atoms with van der Waals surface area (Å²) in [6.07, 6.45) is 0.987. The van der Waals surface area contributed by atoms with Crippen LogP contribution in [0, 0.1) is 0 Å². The highest BCUT2D eigenvalue weighted by molar-refractivity contribution is 9.10. The molecule has 1 aromatic carbocycles. The summed E-state index contributed by atoms with van der Waals surface area (Å²) in [6, 6.07) is 9.36. The van der Waals surface area contributed by atoms with Crippen LogP contribution < -0.4 is 0 Å². The fourth-order valence-corrected chi connectivity index (χ4v) is 2.15. The Kier molecular flexibility index (Phi) is 5.43. The normalized spacial score (nSPS) is 9.20. The van der Waals surface area contributed by atoms with Gasteiger partial charge in [-0.1, -0.05) is 41.1 Å². The minimum Gasteiger partial charge on any atom is -0.508 e. The van der Waals surface area contributed by atoms with Crippen LogP contribution in [0.3, 0.4) is 0 Å². The number of hydrogen-bond acceptors (Lipinski definition) is 2. The molecule has 1 aromatic heterocycles. The first kappa shape index (κ1) is 12.3. The van der Waals surface area contributed by atoms with Gasteiger partial charge in [0.15, 0.2) is 0 Å². The Morgan fingerprint density at radius 1 is 1.27 bits per heavy atom. The standard InChI is InChI=1S/C8H9BrO.C4H4S/c1-2-6-3-4-7(10)5-8(6)9;1-2-4-5-3-1/h3-5,10H,2H2,1H3;1-4H. The molecule has 0 radical (unpaired) electrons. The van der Waals surface area contributed by atoms with Gasteiger partial charge in [0.25, 0.3) is 0 Å². The van der Waals surface area contributed by atoms with Gasteiger partial charge in [-0.15, -0.1) is 0 Å². The zero-order chi connectivity index (χ0) is 11.1. The topological polar surface area (TPSA) is 20.2 Å². The van der Waals surface area contributed by atoms with Crippen molar-refractivity contribution in [2.75, 3.05) is 0 Å². The molecule has 0 atom stereocenters. The van der Waals surface area contributed by atoms with Crippen molar-refractivity contribution >= 4 is 27.3 Å². The second kappa shape index (κ2) is 6.64. The molecule has 2 aromatic rings. The van der Waals surface area contributed by atoms with Gasteiger partial charge in [-0.05, 0) is 34.9 Å². The van der Waals surface area contributed by atoms with Gasteiger partial charge >= 0.3 is 0 Å². The van der Waals surface area contributed by atoms with Crippen molar-refractivity contribution in [2.45, 2.75) is 13.3 Å². The van der Waals surface area contributed by atoms with E-state index in [1.165, 1.54) is 5.56 Å². The maximum Gasteiger partial charge on any atom is 0.116 e. The molecule has 0 saturated heterocycles. The largest absolute Gasteiger partial charge is 0.508 e. The Balaban J connectivity index is 0.000000187. The van der Waals surface area contributed by atoms with Crippen molar-refractivity contribution in [1.29, 1.82) is 0 Å². The number of aromatic hydroxyl groups is 1. The van der Waals surface area contributed by atoms with Crippen molar-refractivity contribution in [3.63, 3.8) is 0 Å². The quantitative estimate of drug-likeness (QED) is 0.820. The molecule has 0 amide bonds. The highest BCUT2D eigenvalue weighted by atomic mass is 79.9. The van der Waals surface area contributed by atoms with E-state index in [9.17, 15) is 0 Å². The summed E-state index contributed by atoms with van der Waals surface area (Å²) in [6.45, 7) is 2.08. The van der Waals surface area contributed by atoms with Crippen molar-refractivity contribution < 1.29 is 5.11 Å². The van der Waals surface area contributed by atoms with E-state index < -0.39 is 0 Å². The molecule has 0 spiro atoms. The summed E-state index contributed by atoms with van der Waals surface area (Å²) in [5.41, 5.74) is 1.22. The zero-order valence-electron chi connectivity index (χ0n) is 8.48. The van der Waals surface area contributed by atoms with E-state index in [-0.39, 0.29) is 0 Å². The third kappa shape index (κ3) is 4.49. The van der Waals surface area contributed by atoms with Crippen LogP contribution in [0.25, 0.3) is 0 Å². The molecule has 0 aliphatic heterocycles. The lowest BCUT2D eigenvalue weighted by molar-refractivity contribution is 0.474. The van der Waals surface area contributed by atoms with Gasteiger partial charge in [-0.25, -0.2) is 0 Å².